The Morgan fingerprint density at radius 3 is 2.28 bits per heavy atom. The van der Waals surface area contributed by atoms with Crippen molar-refractivity contribution in [3.8, 4) is 34.1 Å². The normalized spacial score (nSPS) is 18.1. The summed E-state index contributed by atoms with van der Waals surface area (Å²) < 4.78 is 5.89. The summed E-state index contributed by atoms with van der Waals surface area (Å²) in [5.74, 6) is 1.31. The molecule has 0 saturated carbocycles. The molecule has 1 aliphatic rings. The standard InChI is InChI=1S/C31H31N5O3/c1-19-17-35(18-20(2)36(19)31(38)21(3)37)28-13-12-24(15-33-28)27-16-34-29-25(6-5-7-26(29)30(27)39-4)23-10-8-22(14-32)9-11-23/h5-13,15-16,19-21,37H,17-18H2,1-4H3. The molecule has 3 unspecified atom stereocenters. The van der Waals surface area contributed by atoms with E-state index in [2.05, 4.69) is 11.0 Å². The predicted molar refractivity (Wildman–Crippen MR) is 151 cm³/mol. The molecule has 3 heterocycles. The third-order valence-electron chi connectivity index (χ3n) is 7.29. The molecule has 8 heteroatoms. The number of aliphatic hydroxyl groups is 1. The highest BCUT2D eigenvalue weighted by Crippen LogP contribution is 2.39. The van der Waals surface area contributed by atoms with Gasteiger partial charge in [-0.15, -0.1) is 0 Å². The Hall–Kier alpha value is -4.48. The van der Waals surface area contributed by atoms with Crippen molar-refractivity contribution in [1.82, 2.24) is 14.9 Å². The molecule has 1 aliphatic heterocycles. The molecule has 2 aromatic heterocycles. The van der Waals surface area contributed by atoms with Crippen molar-refractivity contribution in [2.45, 2.75) is 39.0 Å². The van der Waals surface area contributed by atoms with Crippen LogP contribution in [0.4, 0.5) is 5.82 Å². The smallest absolute Gasteiger partial charge is 0.251 e. The molecule has 1 N–H and O–H groups in total. The van der Waals surface area contributed by atoms with Crippen molar-refractivity contribution in [3.63, 3.8) is 0 Å². The predicted octanol–water partition coefficient (Wildman–Crippen LogP) is 4.65. The monoisotopic (exact) mass is 521 g/mol. The molecule has 0 radical (unpaired) electrons. The zero-order valence-corrected chi connectivity index (χ0v) is 22.5. The average Bonchev–Trinajstić information content (AvgIpc) is 2.95. The van der Waals surface area contributed by atoms with Crippen LogP contribution >= 0.6 is 0 Å². The van der Waals surface area contributed by atoms with Crippen molar-refractivity contribution in [3.05, 3.63) is 72.6 Å². The number of nitrogens with zero attached hydrogens (tertiary/aromatic N) is 5. The van der Waals surface area contributed by atoms with Gasteiger partial charge in [0.05, 0.1) is 24.3 Å². The number of anilines is 1. The van der Waals surface area contributed by atoms with E-state index in [0.29, 0.717) is 18.7 Å². The number of ether oxygens (including phenoxy) is 1. The lowest BCUT2D eigenvalue weighted by molar-refractivity contribution is -0.144. The van der Waals surface area contributed by atoms with E-state index in [1.165, 1.54) is 6.92 Å². The third-order valence-corrected chi connectivity index (χ3v) is 7.29. The summed E-state index contributed by atoms with van der Waals surface area (Å²) in [6.07, 6.45) is 2.63. The first-order valence-corrected chi connectivity index (χ1v) is 13.0. The summed E-state index contributed by atoms with van der Waals surface area (Å²) in [7, 11) is 1.66. The number of fused-ring (bicyclic) bond motifs is 1. The Morgan fingerprint density at radius 2 is 1.69 bits per heavy atom. The van der Waals surface area contributed by atoms with E-state index >= 15 is 0 Å². The minimum absolute atomic E-state index is 0.0487. The van der Waals surface area contributed by atoms with Gasteiger partial charge in [0.15, 0.2) is 0 Å². The number of hydrogen-bond donors (Lipinski definition) is 1. The molecule has 1 fully saturated rings. The van der Waals surface area contributed by atoms with E-state index in [-0.39, 0.29) is 18.0 Å². The Balaban J connectivity index is 1.44. The first-order valence-electron chi connectivity index (χ1n) is 13.0. The second kappa shape index (κ2) is 10.7. The maximum absolute atomic E-state index is 12.5. The molecule has 0 bridgehead atoms. The average molecular weight is 522 g/mol. The number of piperazine rings is 1. The van der Waals surface area contributed by atoms with E-state index in [0.717, 1.165) is 44.7 Å². The summed E-state index contributed by atoms with van der Waals surface area (Å²) >= 11 is 0. The zero-order valence-electron chi connectivity index (χ0n) is 22.5. The molecule has 198 valence electrons. The van der Waals surface area contributed by atoms with Crippen molar-refractivity contribution >= 4 is 22.6 Å². The van der Waals surface area contributed by atoms with Gasteiger partial charge in [0.2, 0.25) is 0 Å². The molecule has 0 spiro atoms. The number of amides is 1. The van der Waals surface area contributed by atoms with Crippen LogP contribution in [0.2, 0.25) is 0 Å². The molecular formula is C31H31N5O3. The molecule has 4 aromatic rings. The SMILES string of the molecule is COc1c(-c2ccc(N3CC(C)N(C(=O)C(C)O)C(C)C3)nc2)cnc2c(-c3ccc(C#N)cc3)cccc12. The molecule has 2 aromatic carbocycles. The van der Waals surface area contributed by atoms with Crippen LogP contribution < -0.4 is 9.64 Å². The zero-order chi connectivity index (χ0) is 27.7. The van der Waals surface area contributed by atoms with Gasteiger partial charge in [0, 0.05) is 59.6 Å². The van der Waals surface area contributed by atoms with E-state index in [1.54, 1.807) is 24.1 Å². The van der Waals surface area contributed by atoms with Crippen LogP contribution in [-0.2, 0) is 4.79 Å². The largest absolute Gasteiger partial charge is 0.495 e. The van der Waals surface area contributed by atoms with Gasteiger partial charge in [-0.1, -0.05) is 24.3 Å². The lowest BCUT2D eigenvalue weighted by Crippen LogP contribution is -2.60. The first kappa shape index (κ1) is 26.1. The lowest BCUT2D eigenvalue weighted by atomic mass is 9.98. The summed E-state index contributed by atoms with van der Waals surface area (Å²) in [5, 5.41) is 19.8. The fraction of sp³-hybridized carbons (Fsp3) is 0.290. The number of carbonyl (C=O) groups excluding carboxylic acids is 1. The molecule has 1 amide bonds. The Kier molecular flexibility index (Phi) is 7.18. The van der Waals surface area contributed by atoms with Crippen LogP contribution in [0.1, 0.15) is 26.3 Å². The second-order valence-corrected chi connectivity index (χ2v) is 10.0. The number of carbonyl (C=O) groups is 1. The number of aliphatic hydroxyl groups excluding tert-OH is 1. The van der Waals surface area contributed by atoms with Gasteiger partial charge in [-0.2, -0.15) is 5.26 Å². The highest BCUT2D eigenvalue weighted by molar-refractivity contribution is 6.00. The number of para-hydroxylation sites is 1. The topological polar surface area (TPSA) is 103 Å². The summed E-state index contributed by atoms with van der Waals surface area (Å²) in [6.45, 7) is 6.77. The third kappa shape index (κ3) is 4.89. The lowest BCUT2D eigenvalue weighted by Gasteiger charge is -2.45. The van der Waals surface area contributed by atoms with Gasteiger partial charge in [-0.25, -0.2) is 4.98 Å². The number of pyridine rings is 2. The number of aromatic nitrogens is 2. The molecule has 8 nitrogen and oxygen atoms in total. The molecule has 5 rings (SSSR count). The summed E-state index contributed by atoms with van der Waals surface area (Å²) in [5.41, 5.74) is 5.10. The molecule has 3 atom stereocenters. The number of rotatable bonds is 5. The van der Waals surface area contributed by atoms with E-state index in [4.69, 9.17) is 20.0 Å². The van der Waals surface area contributed by atoms with Gasteiger partial charge in [-0.3, -0.25) is 9.78 Å². The number of methoxy groups -OCH3 is 1. The van der Waals surface area contributed by atoms with Crippen LogP contribution in [0.5, 0.6) is 5.75 Å². The van der Waals surface area contributed by atoms with Gasteiger partial charge >= 0.3 is 0 Å². The maximum atomic E-state index is 12.5. The molecular weight excluding hydrogens is 490 g/mol. The Bertz CT molecular complexity index is 1530. The Morgan fingerprint density at radius 1 is 1.00 bits per heavy atom. The van der Waals surface area contributed by atoms with E-state index < -0.39 is 6.10 Å². The fourth-order valence-corrected chi connectivity index (χ4v) is 5.47. The Labute approximate surface area is 228 Å². The van der Waals surface area contributed by atoms with Gasteiger partial charge in [0.1, 0.15) is 17.7 Å². The van der Waals surface area contributed by atoms with Crippen molar-refractivity contribution in [2.75, 3.05) is 25.1 Å². The van der Waals surface area contributed by atoms with Crippen LogP contribution in [0.15, 0.2) is 67.0 Å². The molecule has 39 heavy (non-hydrogen) atoms. The van der Waals surface area contributed by atoms with Gasteiger partial charge in [0.25, 0.3) is 5.91 Å². The highest BCUT2D eigenvalue weighted by Gasteiger charge is 2.34. The van der Waals surface area contributed by atoms with Crippen molar-refractivity contribution < 1.29 is 14.6 Å². The van der Waals surface area contributed by atoms with Crippen LogP contribution in [0.3, 0.4) is 0 Å². The maximum Gasteiger partial charge on any atom is 0.251 e. The fourth-order valence-electron chi connectivity index (χ4n) is 5.47. The van der Waals surface area contributed by atoms with Crippen molar-refractivity contribution in [2.24, 2.45) is 0 Å². The molecule has 0 aliphatic carbocycles. The van der Waals surface area contributed by atoms with E-state index in [9.17, 15) is 9.90 Å². The second-order valence-electron chi connectivity index (χ2n) is 10.0. The number of nitriles is 1. The molecule has 1 saturated heterocycles. The van der Waals surface area contributed by atoms with Crippen molar-refractivity contribution in [1.29, 1.82) is 5.26 Å². The quantitative estimate of drug-likeness (QED) is 0.408. The van der Waals surface area contributed by atoms with Crippen LogP contribution in [0.25, 0.3) is 33.2 Å². The van der Waals surface area contributed by atoms with Crippen LogP contribution in [0, 0.1) is 11.3 Å². The van der Waals surface area contributed by atoms with E-state index in [1.807, 2.05) is 68.7 Å². The van der Waals surface area contributed by atoms with Gasteiger partial charge < -0.3 is 19.6 Å². The highest BCUT2D eigenvalue weighted by atomic mass is 16.5. The number of benzene rings is 2. The summed E-state index contributed by atoms with van der Waals surface area (Å²) in [6, 6.07) is 19.5. The minimum Gasteiger partial charge on any atom is -0.495 e. The number of hydrogen-bond acceptors (Lipinski definition) is 7. The first-order chi connectivity index (χ1) is 18.8. The minimum atomic E-state index is -1.01. The van der Waals surface area contributed by atoms with Gasteiger partial charge in [-0.05, 0) is 56.7 Å². The summed E-state index contributed by atoms with van der Waals surface area (Å²) in [4.78, 5) is 26.0. The van der Waals surface area contributed by atoms with Crippen LogP contribution in [-0.4, -0.2) is 64.3 Å².